The van der Waals surface area contributed by atoms with Crippen molar-refractivity contribution in [3.8, 4) is 0 Å². The molecular weight excluding hydrogens is 390 g/mol. The minimum absolute atomic E-state index is 0.0702. The largest absolute Gasteiger partial charge is 0.354 e. The van der Waals surface area contributed by atoms with Crippen molar-refractivity contribution in [2.75, 3.05) is 18.5 Å². The third kappa shape index (κ3) is 3.34. The first-order valence-corrected chi connectivity index (χ1v) is 10.9. The molecule has 7 nitrogen and oxygen atoms in total. The van der Waals surface area contributed by atoms with Crippen molar-refractivity contribution in [3.63, 3.8) is 0 Å². The number of carbonyl (C=O) groups excluding carboxylic acids is 2. The number of carbonyl (C=O) groups is 2. The predicted octanol–water partition coefficient (Wildman–Crippen LogP) is 3.30. The van der Waals surface area contributed by atoms with E-state index in [1.165, 1.54) is 0 Å². The quantitative estimate of drug-likeness (QED) is 0.710. The molecule has 5 rings (SSSR count). The lowest BCUT2D eigenvalue weighted by Gasteiger charge is -2.43. The van der Waals surface area contributed by atoms with Gasteiger partial charge in [0.25, 0.3) is 11.8 Å². The van der Waals surface area contributed by atoms with Crippen LogP contribution in [0.5, 0.6) is 0 Å². The lowest BCUT2D eigenvalue weighted by molar-refractivity contribution is 0.0661. The molecule has 2 amide bonds. The molecule has 0 bridgehead atoms. The molecule has 2 aliphatic heterocycles. The minimum Gasteiger partial charge on any atom is -0.354 e. The van der Waals surface area contributed by atoms with Crippen molar-refractivity contribution in [1.82, 2.24) is 19.8 Å². The van der Waals surface area contributed by atoms with E-state index < -0.39 is 0 Å². The van der Waals surface area contributed by atoms with Crippen LogP contribution in [0, 0.1) is 0 Å². The molecule has 3 aromatic rings. The third-order valence-corrected chi connectivity index (χ3v) is 6.59. The molecule has 0 aliphatic carbocycles. The SMILES string of the molecule is CN1c2cc(C(=O)NCc3nc4ccccc4n3C)ccc2C(=O)N2CCCCC[C@H]21. The molecule has 160 valence electrons. The highest BCUT2D eigenvalue weighted by Crippen LogP contribution is 2.34. The lowest BCUT2D eigenvalue weighted by atomic mass is 10.0. The van der Waals surface area contributed by atoms with Crippen molar-refractivity contribution >= 4 is 28.5 Å². The summed E-state index contributed by atoms with van der Waals surface area (Å²) in [6, 6.07) is 13.3. The van der Waals surface area contributed by atoms with Crippen LogP contribution in [0.1, 0.15) is 52.2 Å². The van der Waals surface area contributed by atoms with E-state index in [9.17, 15) is 9.59 Å². The van der Waals surface area contributed by atoms with E-state index in [1.807, 2.05) is 53.9 Å². The van der Waals surface area contributed by atoms with Crippen molar-refractivity contribution in [2.45, 2.75) is 38.4 Å². The molecule has 1 saturated heterocycles. The number of hydrogen-bond acceptors (Lipinski definition) is 4. The zero-order valence-corrected chi connectivity index (χ0v) is 18.0. The van der Waals surface area contributed by atoms with E-state index >= 15 is 0 Å². The molecule has 0 unspecified atom stereocenters. The zero-order chi connectivity index (χ0) is 21.5. The first-order valence-electron chi connectivity index (χ1n) is 10.9. The van der Waals surface area contributed by atoms with Crippen LogP contribution in [0.15, 0.2) is 42.5 Å². The molecule has 1 N–H and O–H groups in total. The molecule has 2 aliphatic rings. The summed E-state index contributed by atoms with van der Waals surface area (Å²) in [7, 11) is 3.98. The second-order valence-electron chi connectivity index (χ2n) is 8.43. The second kappa shape index (κ2) is 7.72. The van der Waals surface area contributed by atoms with Crippen LogP contribution < -0.4 is 10.2 Å². The van der Waals surface area contributed by atoms with E-state index in [0.717, 1.165) is 54.8 Å². The van der Waals surface area contributed by atoms with Crippen LogP contribution in [0.25, 0.3) is 11.0 Å². The van der Waals surface area contributed by atoms with Crippen LogP contribution >= 0.6 is 0 Å². The van der Waals surface area contributed by atoms with Crippen LogP contribution in [0.2, 0.25) is 0 Å². The van der Waals surface area contributed by atoms with Gasteiger partial charge in [0.05, 0.1) is 28.8 Å². The molecular formula is C24H27N5O2. The fourth-order valence-electron chi connectivity index (χ4n) is 4.81. The number of fused-ring (bicyclic) bond motifs is 3. The van der Waals surface area contributed by atoms with Gasteiger partial charge in [-0.2, -0.15) is 0 Å². The maximum absolute atomic E-state index is 13.1. The number of nitrogens with zero attached hydrogens (tertiary/aromatic N) is 4. The number of rotatable bonds is 3. The molecule has 2 aromatic carbocycles. The Hall–Kier alpha value is -3.35. The smallest absolute Gasteiger partial charge is 0.257 e. The van der Waals surface area contributed by atoms with Gasteiger partial charge in [-0.3, -0.25) is 9.59 Å². The number of aromatic nitrogens is 2. The van der Waals surface area contributed by atoms with Gasteiger partial charge in [0.1, 0.15) is 12.0 Å². The maximum Gasteiger partial charge on any atom is 0.257 e. The molecule has 1 aromatic heterocycles. The Kier molecular flexibility index (Phi) is 4.88. The molecule has 0 spiro atoms. The Morgan fingerprint density at radius 1 is 1.13 bits per heavy atom. The van der Waals surface area contributed by atoms with Gasteiger partial charge in [-0.05, 0) is 49.6 Å². The van der Waals surface area contributed by atoms with Crippen LogP contribution in [0.4, 0.5) is 5.69 Å². The van der Waals surface area contributed by atoms with Crippen molar-refractivity contribution in [2.24, 2.45) is 7.05 Å². The first kappa shape index (κ1) is 19.6. The zero-order valence-electron chi connectivity index (χ0n) is 18.0. The van der Waals surface area contributed by atoms with Gasteiger partial charge in [0, 0.05) is 26.2 Å². The van der Waals surface area contributed by atoms with Gasteiger partial charge in [-0.15, -0.1) is 0 Å². The Morgan fingerprint density at radius 3 is 2.81 bits per heavy atom. The van der Waals surface area contributed by atoms with E-state index in [0.29, 0.717) is 17.7 Å². The van der Waals surface area contributed by atoms with Gasteiger partial charge in [-0.1, -0.05) is 18.6 Å². The van der Waals surface area contributed by atoms with E-state index in [-0.39, 0.29) is 18.0 Å². The number of imidazole rings is 1. The number of nitrogens with one attached hydrogen (secondary N) is 1. The van der Waals surface area contributed by atoms with Crippen LogP contribution in [-0.4, -0.2) is 46.0 Å². The maximum atomic E-state index is 13.1. The predicted molar refractivity (Wildman–Crippen MR) is 120 cm³/mol. The fourth-order valence-corrected chi connectivity index (χ4v) is 4.81. The summed E-state index contributed by atoms with van der Waals surface area (Å²) in [5.41, 5.74) is 4.01. The highest BCUT2D eigenvalue weighted by atomic mass is 16.2. The summed E-state index contributed by atoms with van der Waals surface area (Å²) >= 11 is 0. The average Bonchev–Trinajstić information content (AvgIpc) is 2.95. The van der Waals surface area contributed by atoms with E-state index in [1.54, 1.807) is 12.1 Å². The highest BCUT2D eigenvalue weighted by Gasteiger charge is 2.36. The van der Waals surface area contributed by atoms with Gasteiger partial charge in [0.2, 0.25) is 0 Å². The Morgan fingerprint density at radius 2 is 1.97 bits per heavy atom. The van der Waals surface area contributed by atoms with Crippen molar-refractivity contribution in [3.05, 3.63) is 59.4 Å². The van der Waals surface area contributed by atoms with Gasteiger partial charge < -0.3 is 19.7 Å². The summed E-state index contributed by atoms with van der Waals surface area (Å²) in [5.74, 6) is 0.708. The van der Waals surface area contributed by atoms with Crippen molar-refractivity contribution in [1.29, 1.82) is 0 Å². The number of para-hydroxylation sites is 2. The number of hydrogen-bond donors (Lipinski definition) is 1. The number of benzene rings is 2. The normalized spacial score (nSPS) is 18.5. The van der Waals surface area contributed by atoms with Gasteiger partial charge in [0.15, 0.2) is 0 Å². The highest BCUT2D eigenvalue weighted by molar-refractivity contribution is 6.04. The number of aryl methyl sites for hydroxylation is 1. The standard InChI is InChI=1S/C24H27N5O2/c1-27-19-9-6-5-8-18(19)26-21(27)15-25-23(30)16-11-12-17-20(14-16)28(2)22-10-4-3-7-13-29(22)24(17)31/h5-6,8-9,11-12,14,22H,3-4,7,10,13,15H2,1-2H3,(H,25,30)/t22-/m0/s1. The molecule has 0 radical (unpaired) electrons. The summed E-state index contributed by atoms with van der Waals surface area (Å²) in [5, 5.41) is 2.98. The summed E-state index contributed by atoms with van der Waals surface area (Å²) in [6.07, 6.45) is 4.35. The Labute approximate surface area is 181 Å². The average molecular weight is 418 g/mol. The van der Waals surface area contributed by atoms with E-state index in [4.69, 9.17) is 0 Å². The van der Waals surface area contributed by atoms with Gasteiger partial charge in [-0.25, -0.2) is 4.98 Å². The Balaban J connectivity index is 1.37. The summed E-state index contributed by atoms with van der Waals surface area (Å²) in [6.45, 7) is 1.14. The number of anilines is 1. The molecule has 0 saturated carbocycles. The molecule has 1 atom stereocenters. The molecule has 31 heavy (non-hydrogen) atoms. The van der Waals surface area contributed by atoms with Crippen LogP contribution in [-0.2, 0) is 13.6 Å². The topological polar surface area (TPSA) is 70.5 Å². The molecule has 3 heterocycles. The minimum atomic E-state index is -0.168. The summed E-state index contributed by atoms with van der Waals surface area (Å²) < 4.78 is 2.00. The second-order valence-corrected chi connectivity index (χ2v) is 8.43. The fraction of sp³-hybridized carbons (Fsp3) is 0.375. The lowest BCUT2D eigenvalue weighted by Crippen LogP contribution is -2.53. The molecule has 7 heteroatoms. The summed E-state index contributed by atoms with van der Waals surface area (Å²) in [4.78, 5) is 34.7. The Bertz CT molecular complexity index is 1170. The first-order chi connectivity index (χ1) is 15.0. The monoisotopic (exact) mass is 417 g/mol. The van der Waals surface area contributed by atoms with E-state index in [2.05, 4.69) is 15.2 Å². The number of amides is 2. The third-order valence-electron chi connectivity index (χ3n) is 6.59. The van der Waals surface area contributed by atoms with Crippen molar-refractivity contribution < 1.29 is 9.59 Å². The molecule has 1 fully saturated rings. The van der Waals surface area contributed by atoms with Gasteiger partial charge >= 0.3 is 0 Å². The van der Waals surface area contributed by atoms with Crippen LogP contribution in [0.3, 0.4) is 0 Å².